The van der Waals surface area contributed by atoms with Crippen LogP contribution in [0.1, 0.15) is 38.8 Å². The highest BCUT2D eigenvalue weighted by molar-refractivity contribution is 5.61. The second kappa shape index (κ2) is 5.49. The quantitative estimate of drug-likeness (QED) is 0.893. The van der Waals surface area contributed by atoms with E-state index in [-0.39, 0.29) is 11.4 Å². The molecule has 20 heavy (non-hydrogen) atoms. The van der Waals surface area contributed by atoms with Crippen molar-refractivity contribution >= 4 is 17.5 Å². The molecular formula is C16H22N4. The normalized spacial score (nSPS) is 11.4. The summed E-state index contributed by atoms with van der Waals surface area (Å²) in [6.45, 7) is 8.68. The van der Waals surface area contributed by atoms with Crippen LogP contribution in [0.5, 0.6) is 0 Å². The molecular weight excluding hydrogens is 248 g/mol. The van der Waals surface area contributed by atoms with E-state index in [9.17, 15) is 0 Å². The van der Waals surface area contributed by atoms with Crippen LogP contribution in [0.2, 0.25) is 0 Å². The third-order valence-corrected chi connectivity index (χ3v) is 3.26. The van der Waals surface area contributed by atoms with Gasteiger partial charge in [-0.15, -0.1) is 0 Å². The first-order valence-electron chi connectivity index (χ1n) is 6.89. The predicted molar refractivity (Wildman–Crippen MR) is 84.2 cm³/mol. The molecule has 1 aromatic carbocycles. The molecule has 2 rings (SSSR count). The minimum Gasteiger partial charge on any atom is -0.368 e. The fraction of sp³-hybridized carbons (Fsp3) is 0.375. The van der Waals surface area contributed by atoms with Crippen molar-refractivity contribution in [3.63, 3.8) is 0 Å². The van der Waals surface area contributed by atoms with Crippen molar-refractivity contribution in [2.75, 3.05) is 11.1 Å². The lowest BCUT2D eigenvalue weighted by Gasteiger charge is -2.20. The van der Waals surface area contributed by atoms with Crippen LogP contribution in [0.3, 0.4) is 0 Å². The zero-order chi connectivity index (χ0) is 14.8. The topological polar surface area (TPSA) is 63.8 Å². The van der Waals surface area contributed by atoms with Gasteiger partial charge in [0.15, 0.2) is 0 Å². The summed E-state index contributed by atoms with van der Waals surface area (Å²) in [5.41, 5.74) is 9.15. The molecule has 3 N–H and O–H groups in total. The molecule has 106 valence electrons. The van der Waals surface area contributed by atoms with E-state index in [0.717, 1.165) is 23.5 Å². The van der Waals surface area contributed by atoms with Crippen molar-refractivity contribution in [1.29, 1.82) is 0 Å². The van der Waals surface area contributed by atoms with E-state index in [0.29, 0.717) is 0 Å². The van der Waals surface area contributed by atoms with Gasteiger partial charge in [0.1, 0.15) is 5.82 Å². The zero-order valence-electron chi connectivity index (χ0n) is 12.6. The molecule has 4 heteroatoms. The number of benzene rings is 1. The molecule has 0 fully saturated rings. The van der Waals surface area contributed by atoms with Gasteiger partial charge in [-0.25, -0.2) is 4.98 Å². The molecule has 0 aliphatic heterocycles. The maximum atomic E-state index is 5.67. The molecule has 0 aliphatic carbocycles. The van der Waals surface area contributed by atoms with E-state index in [2.05, 4.69) is 61.2 Å². The van der Waals surface area contributed by atoms with Gasteiger partial charge in [-0.2, -0.15) is 4.98 Å². The Balaban J connectivity index is 2.33. The number of anilines is 3. The van der Waals surface area contributed by atoms with Gasteiger partial charge in [-0.05, 0) is 29.5 Å². The maximum absolute atomic E-state index is 5.67. The van der Waals surface area contributed by atoms with Gasteiger partial charge in [0.2, 0.25) is 5.95 Å². The highest BCUT2D eigenvalue weighted by Gasteiger charge is 2.14. The lowest BCUT2D eigenvalue weighted by Crippen LogP contribution is -2.11. The molecule has 0 atom stereocenters. The molecule has 2 aromatic rings. The van der Waals surface area contributed by atoms with Crippen LogP contribution in [0.25, 0.3) is 0 Å². The molecule has 0 saturated carbocycles. The second-order valence-corrected chi connectivity index (χ2v) is 5.91. The first-order valence-corrected chi connectivity index (χ1v) is 6.89. The van der Waals surface area contributed by atoms with E-state index >= 15 is 0 Å². The van der Waals surface area contributed by atoms with Gasteiger partial charge in [0.25, 0.3) is 0 Å². The Labute approximate surface area is 120 Å². The summed E-state index contributed by atoms with van der Waals surface area (Å²) in [7, 11) is 0. The van der Waals surface area contributed by atoms with E-state index in [1.807, 2.05) is 6.07 Å². The number of hydrogen-bond donors (Lipinski definition) is 2. The lowest BCUT2D eigenvalue weighted by molar-refractivity contribution is 0.590. The van der Waals surface area contributed by atoms with Crippen molar-refractivity contribution in [3.05, 3.63) is 41.6 Å². The molecule has 0 bridgehead atoms. The molecule has 0 saturated heterocycles. The summed E-state index contributed by atoms with van der Waals surface area (Å²) in [5, 5.41) is 3.35. The van der Waals surface area contributed by atoms with Crippen molar-refractivity contribution in [1.82, 2.24) is 9.97 Å². The van der Waals surface area contributed by atoms with Crippen LogP contribution in [0.15, 0.2) is 30.5 Å². The third kappa shape index (κ3) is 3.26. The molecule has 0 spiro atoms. The Bertz CT molecular complexity index is 600. The molecule has 4 nitrogen and oxygen atoms in total. The largest absolute Gasteiger partial charge is 0.368 e. The summed E-state index contributed by atoms with van der Waals surface area (Å²) in [6, 6.07) is 8.38. The Kier molecular flexibility index (Phi) is 3.93. The van der Waals surface area contributed by atoms with Gasteiger partial charge < -0.3 is 11.1 Å². The highest BCUT2D eigenvalue weighted by atomic mass is 15.1. The standard InChI is InChI=1S/C16H22N4/c1-5-11-10-18-15(17)20-14(11)19-13-8-6-7-12(9-13)16(2,3)4/h6-10H,5H2,1-4H3,(H3,17,18,19,20). The van der Waals surface area contributed by atoms with Crippen molar-refractivity contribution < 1.29 is 0 Å². The molecule has 0 unspecified atom stereocenters. The van der Waals surface area contributed by atoms with Gasteiger partial charge >= 0.3 is 0 Å². The number of nitrogens with zero attached hydrogens (tertiary/aromatic N) is 2. The maximum Gasteiger partial charge on any atom is 0.221 e. The van der Waals surface area contributed by atoms with Crippen molar-refractivity contribution in [3.8, 4) is 0 Å². The fourth-order valence-corrected chi connectivity index (χ4v) is 1.99. The minimum absolute atomic E-state index is 0.121. The van der Waals surface area contributed by atoms with Crippen LogP contribution in [-0.4, -0.2) is 9.97 Å². The number of rotatable bonds is 3. The van der Waals surface area contributed by atoms with Gasteiger partial charge in [0.05, 0.1) is 0 Å². The van der Waals surface area contributed by atoms with E-state index in [1.165, 1.54) is 5.56 Å². The molecule has 1 aromatic heterocycles. The van der Waals surface area contributed by atoms with Crippen LogP contribution in [0, 0.1) is 0 Å². The highest BCUT2D eigenvalue weighted by Crippen LogP contribution is 2.26. The summed E-state index contributed by atoms with van der Waals surface area (Å²) in [5.74, 6) is 1.07. The Morgan fingerprint density at radius 2 is 2.00 bits per heavy atom. The van der Waals surface area contributed by atoms with Gasteiger partial charge in [-0.1, -0.05) is 39.8 Å². The van der Waals surface area contributed by atoms with Gasteiger partial charge in [0, 0.05) is 17.4 Å². The second-order valence-electron chi connectivity index (χ2n) is 5.91. The van der Waals surface area contributed by atoms with E-state index < -0.39 is 0 Å². The van der Waals surface area contributed by atoms with E-state index in [1.54, 1.807) is 6.20 Å². The van der Waals surface area contributed by atoms with Crippen LogP contribution < -0.4 is 11.1 Å². The number of nitrogens with two attached hydrogens (primary N) is 1. The first-order chi connectivity index (χ1) is 9.40. The van der Waals surface area contributed by atoms with Gasteiger partial charge in [-0.3, -0.25) is 0 Å². The number of nitrogens with one attached hydrogen (secondary N) is 1. The number of nitrogen functional groups attached to an aromatic ring is 1. The Morgan fingerprint density at radius 3 is 2.65 bits per heavy atom. The van der Waals surface area contributed by atoms with Crippen LogP contribution in [-0.2, 0) is 11.8 Å². The van der Waals surface area contributed by atoms with Crippen molar-refractivity contribution in [2.24, 2.45) is 0 Å². The number of hydrogen-bond acceptors (Lipinski definition) is 4. The monoisotopic (exact) mass is 270 g/mol. The minimum atomic E-state index is 0.121. The zero-order valence-corrected chi connectivity index (χ0v) is 12.6. The predicted octanol–water partition coefficient (Wildman–Crippen LogP) is 3.66. The number of aryl methyl sites for hydroxylation is 1. The smallest absolute Gasteiger partial charge is 0.221 e. The van der Waals surface area contributed by atoms with Crippen molar-refractivity contribution in [2.45, 2.75) is 39.5 Å². The average molecular weight is 270 g/mol. The molecule has 1 heterocycles. The molecule has 0 radical (unpaired) electrons. The Morgan fingerprint density at radius 1 is 1.25 bits per heavy atom. The fourth-order valence-electron chi connectivity index (χ4n) is 1.99. The summed E-state index contributed by atoms with van der Waals surface area (Å²) >= 11 is 0. The third-order valence-electron chi connectivity index (χ3n) is 3.26. The first kappa shape index (κ1) is 14.3. The van der Waals surface area contributed by atoms with E-state index in [4.69, 9.17) is 5.73 Å². The SMILES string of the molecule is CCc1cnc(N)nc1Nc1cccc(C(C)(C)C)c1. The average Bonchev–Trinajstić information content (AvgIpc) is 2.38. The molecule has 0 amide bonds. The Hall–Kier alpha value is -2.10. The lowest BCUT2D eigenvalue weighted by atomic mass is 9.87. The number of aromatic nitrogens is 2. The molecule has 0 aliphatic rings. The summed E-state index contributed by atoms with van der Waals surface area (Å²) in [4.78, 5) is 8.32. The summed E-state index contributed by atoms with van der Waals surface area (Å²) in [6.07, 6.45) is 2.64. The summed E-state index contributed by atoms with van der Waals surface area (Å²) < 4.78 is 0. The van der Waals surface area contributed by atoms with Crippen LogP contribution >= 0.6 is 0 Å². The van der Waals surface area contributed by atoms with Crippen LogP contribution in [0.4, 0.5) is 17.5 Å².